The van der Waals surface area contributed by atoms with Crippen LogP contribution in [0.3, 0.4) is 0 Å². The number of para-hydroxylation sites is 2. The number of carbonyl (C=O) groups excluding carboxylic acids is 1. The number of fused-ring (bicyclic) bond motifs is 1. The summed E-state index contributed by atoms with van der Waals surface area (Å²) in [5, 5.41) is 0. The van der Waals surface area contributed by atoms with Gasteiger partial charge < -0.3 is 4.42 Å². The molecule has 5 heteroatoms. The van der Waals surface area contributed by atoms with Crippen LogP contribution in [0.5, 0.6) is 0 Å². The van der Waals surface area contributed by atoms with Gasteiger partial charge in [0.1, 0.15) is 5.52 Å². The molecule has 1 aliphatic rings. The van der Waals surface area contributed by atoms with Crippen molar-refractivity contribution in [1.29, 1.82) is 0 Å². The number of aromatic nitrogens is 1. The second-order valence-electron chi connectivity index (χ2n) is 4.84. The molecule has 1 aliphatic carbocycles. The number of hydrogen-bond donors (Lipinski definition) is 1. The van der Waals surface area contributed by atoms with E-state index in [2.05, 4.69) is 10.5 Å². The fourth-order valence-electron chi connectivity index (χ4n) is 2.29. The summed E-state index contributed by atoms with van der Waals surface area (Å²) < 4.78 is 5.48. The van der Waals surface area contributed by atoms with E-state index in [1.807, 2.05) is 24.3 Å². The molecule has 0 radical (unpaired) electrons. The van der Waals surface area contributed by atoms with Crippen molar-refractivity contribution >= 4 is 23.1 Å². The lowest BCUT2D eigenvalue weighted by molar-refractivity contribution is -0.132. The summed E-state index contributed by atoms with van der Waals surface area (Å²) in [7, 11) is 0. The number of hydroxylamine groups is 1. The Hall–Kier alpha value is -2.14. The van der Waals surface area contributed by atoms with Crippen molar-refractivity contribution in [2.75, 3.05) is 0 Å². The average Bonchev–Trinajstić information content (AvgIpc) is 3.11. The maximum atomic E-state index is 11.6. The Kier molecular flexibility index (Phi) is 3.78. The number of oxazole rings is 1. The molecule has 104 valence electrons. The second kappa shape index (κ2) is 5.88. The number of nitrogens with one attached hydrogen (secondary N) is 1. The topological polar surface area (TPSA) is 64.4 Å². The van der Waals surface area contributed by atoms with E-state index >= 15 is 0 Å². The number of hydrogen-bond acceptors (Lipinski definition) is 4. The Morgan fingerprint density at radius 1 is 1.35 bits per heavy atom. The molecule has 0 atom stereocenters. The standard InChI is InChI=1S/C15H16N2O3/c18-14(17-20-11-5-1-2-6-11)9-10-15-16-12-7-3-4-8-13(12)19-15/h3-4,7-11H,1-2,5-6H2,(H,17,18)/b10-9+. The molecule has 5 nitrogen and oxygen atoms in total. The Morgan fingerprint density at radius 3 is 2.95 bits per heavy atom. The summed E-state index contributed by atoms with van der Waals surface area (Å²) >= 11 is 0. The van der Waals surface area contributed by atoms with E-state index in [-0.39, 0.29) is 12.0 Å². The molecule has 1 heterocycles. The highest BCUT2D eigenvalue weighted by Gasteiger charge is 2.16. The van der Waals surface area contributed by atoms with E-state index in [1.54, 1.807) is 0 Å². The molecular weight excluding hydrogens is 256 g/mol. The molecule has 20 heavy (non-hydrogen) atoms. The molecule has 0 unspecified atom stereocenters. The minimum absolute atomic E-state index is 0.150. The van der Waals surface area contributed by atoms with Crippen LogP contribution in [0.25, 0.3) is 17.2 Å². The lowest BCUT2D eigenvalue weighted by Crippen LogP contribution is -2.26. The van der Waals surface area contributed by atoms with Crippen LogP contribution in [-0.4, -0.2) is 17.0 Å². The summed E-state index contributed by atoms with van der Waals surface area (Å²) in [5.41, 5.74) is 3.91. The third-order valence-electron chi connectivity index (χ3n) is 3.32. The molecule has 1 amide bonds. The van der Waals surface area contributed by atoms with E-state index in [0.717, 1.165) is 18.4 Å². The fraction of sp³-hybridized carbons (Fsp3) is 0.333. The lowest BCUT2D eigenvalue weighted by atomic mass is 10.3. The number of carbonyl (C=O) groups is 1. The first kappa shape index (κ1) is 12.9. The summed E-state index contributed by atoms with van der Waals surface area (Å²) in [5.74, 6) is 0.0985. The highest BCUT2D eigenvalue weighted by Crippen LogP contribution is 2.20. The SMILES string of the molecule is O=C(/C=C/c1nc2ccccc2o1)NOC1CCCC1. The van der Waals surface area contributed by atoms with Crippen LogP contribution in [0.1, 0.15) is 31.6 Å². The fourth-order valence-corrected chi connectivity index (χ4v) is 2.29. The molecule has 0 saturated heterocycles. The van der Waals surface area contributed by atoms with Gasteiger partial charge in [-0.15, -0.1) is 0 Å². The van der Waals surface area contributed by atoms with Gasteiger partial charge in [0.05, 0.1) is 6.10 Å². The van der Waals surface area contributed by atoms with Crippen LogP contribution >= 0.6 is 0 Å². The zero-order valence-corrected chi connectivity index (χ0v) is 11.0. The van der Waals surface area contributed by atoms with Crippen LogP contribution in [0.4, 0.5) is 0 Å². The zero-order valence-electron chi connectivity index (χ0n) is 11.0. The third kappa shape index (κ3) is 3.05. The Balaban J connectivity index is 1.56. The van der Waals surface area contributed by atoms with Crippen LogP contribution in [0, 0.1) is 0 Å². The molecule has 0 aliphatic heterocycles. The van der Waals surface area contributed by atoms with Crippen molar-refractivity contribution in [3.63, 3.8) is 0 Å². The van der Waals surface area contributed by atoms with Crippen molar-refractivity contribution in [3.8, 4) is 0 Å². The Morgan fingerprint density at radius 2 is 2.15 bits per heavy atom. The monoisotopic (exact) mass is 272 g/mol. The maximum Gasteiger partial charge on any atom is 0.267 e. The van der Waals surface area contributed by atoms with Crippen LogP contribution < -0.4 is 5.48 Å². The highest BCUT2D eigenvalue weighted by molar-refractivity contribution is 5.90. The predicted octanol–water partition coefficient (Wildman–Crippen LogP) is 2.83. The molecule has 1 N–H and O–H groups in total. The molecule has 1 aromatic carbocycles. The largest absolute Gasteiger partial charge is 0.437 e. The van der Waals surface area contributed by atoms with Gasteiger partial charge >= 0.3 is 0 Å². The smallest absolute Gasteiger partial charge is 0.267 e. The summed E-state index contributed by atoms with van der Waals surface area (Å²) in [6.07, 6.45) is 7.40. The van der Waals surface area contributed by atoms with E-state index in [4.69, 9.17) is 9.25 Å². The molecular formula is C15H16N2O3. The highest BCUT2D eigenvalue weighted by atomic mass is 16.7. The van der Waals surface area contributed by atoms with Gasteiger partial charge in [0, 0.05) is 12.2 Å². The molecule has 1 fully saturated rings. The van der Waals surface area contributed by atoms with Crippen LogP contribution in [0.15, 0.2) is 34.8 Å². The van der Waals surface area contributed by atoms with Gasteiger partial charge in [-0.2, -0.15) is 0 Å². The first-order valence-corrected chi connectivity index (χ1v) is 6.80. The minimum atomic E-state index is -0.306. The van der Waals surface area contributed by atoms with Gasteiger partial charge in [0.2, 0.25) is 5.89 Å². The van der Waals surface area contributed by atoms with E-state index in [9.17, 15) is 4.79 Å². The lowest BCUT2D eigenvalue weighted by Gasteiger charge is -2.09. The molecule has 3 rings (SSSR count). The van der Waals surface area contributed by atoms with Crippen molar-refractivity contribution in [2.45, 2.75) is 31.8 Å². The maximum absolute atomic E-state index is 11.6. The van der Waals surface area contributed by atoms with Crippen molar-refractivity contribution in [1.82, 2.24) is 10.5 Å². The second-order valence-corrected chi connectivity index (χ2v) is 4.84. The first-order chi connectivity index (χ1) is 9.81. The number of amides is 1. The van der Waals surface area contributed by atoms with Gasteiger partial charge in [-0.05, 0) is 25.0 Å². The normalized spacial score (nSPS) is 16.2. The van der Waals surface area contributed by atoms with Crippen molar-refractivity contribution < 1.29 is 14.0 Å². The summed E-state index contributed by atoms with van der Waals surface area (Å²) in [4.78, 5) is 21.2. The number of benzene rings is 1. The van der Waals surface area contributed by atoms with Crippen LogP contribution in [-0.2, 0) is 9.63 Å². The van der Waals surface area contributed by atoms with E-state index < -0.39 is 0 Å². The molecule has 0 spiro atoms. The van der Waals surface area contributed by atoms with Gasteiger partial charge in [0.15, 0.2) is 5.58 Å². The quantitative estimate of drug-likeness (QED) is 0.686. The van der Waals surface area contributed by atoms with E-state index in [0.29, 0.717) is 11.5 Å². The number of rotatable bonds is 4. The molecule has 0 bridgehead atoms. The van der Waals surface area contributed by atoms with Gasteiger partial charge in [0.25, 0.3) is 5.91 Å². The zero-order chi connectivity index (χ0) is 13.8. The van der Waals surface area contributed by atoms with Crippen molar-refractivity contribution in [2.24, 2.45) is 0 Å². The number of nitrogens with zero attached hydrogens (tertiary/aromatic N) is 1. The predicted molar refractivity (Wildman–Crippen MR) is 74.5 cm³/mol. The summed E-state index contributed by atoms with van der Waals surface area (Å²) in [6, 6.07) is 7.46. The Bertz CT molecular complexity index is 594. The third-order valence-corrected chi connectivity index (χ3v) is 3.32. The molecule has 1 aromatic heterocycles. The van der Waals surface area contributed by atoms with Gasteiger partial charge in [-0.1, -0.05) is 25.0 Å². The summed E-state index contributed by atoms with van der Waals surface area (Å²) in [6.45, 7) is 0. The van der Waals surface area contributed by atoms with Gasteiger partial charge in [-0.25, -0.2) is 10.5 Å². The molecule has 1 saturated carbocycles. The van der Waals surface area contributed by atoms with Gasteiger partial charge in [-0.3, -0.25) is 9.63 Å². The molecule has 2 aromatic rings. The first-order valence-electron chi connectivity index (χ1n) is 6.80. The minimum Gasteiger partial charge on any atom is -0.437 e. The average molecular weight is 272 g/mol. The van der Waals surface area contributed by atoms with Crippen molar-refractivity contribution in [3.05, 3.63) is 36.2 Å². The van der Waals surface area contributed by atoms with Crippen LogP contribution in [0.2, 0.25) is 0 Å². The van der Waals surface area contributed by atoms with E-state index in [1.165, 1.54) is 25.0 Å². The Labute approximate surface area is 116 Å².